The SMILES string of the molecule is C#Cc1cc2c(C#C)c(Oc3ccc(O)c(N)c3)c(C#C)cc2cc1Oc1ccc(O)c(N)c1. The maximum atomic E-state index is 9.68. The molecule has 0 heterocycles. The molecule has 0 fully saturated rings. The number of ether oxygens (including phenoxy) is 2. The molecule has 0 aliphatic carbocycles. The number of benzene rings is 4. The molecule has 0 amide bonds. The molecule has 164 valence electrons. The lowest BCUT2D eigenvalue weighted by Gasteiger charge is -2.16. The number of fused-ring (bicyclic) bond motifs is 1. The van der Waals surface area contributed by atoms with Crippen molar-refractivity contribution in [1.29, 1.82) is 0 Å². The summed E-state index contributed by atoms with van der Waals surface area (Å²) in [6, 6.07) is 14.1. The van der Waals surface area contributed by atoms with Crippen LogP contribution in [0.4, 0.5) is 11.4 Å². The van der Waals surface area contributed by atoms with Gasteiger partial charge in [-0.2, -0.15) is 0 Å². The molecule has 0 unspecified atom stereocenters. The Morgan fingerprint density at radius 3 is 1.79 bits per heavy atom. The maximum absolute atomic E-state index is 9.68. The van der Waals surface area contributed by atoms with E-state index in [0.717, 1.165) is 0 Å². The number of rotatable bonds is 4. The van der Waals surface area contributed by atoms with Crippen molar-refractivity contribution in [2.45, 2.75) is 0 Å². The first-order valence-corrected chi connectivity index (χ1v) is 9.92. The van der Waals surface area contributed by atoms with Crippen LogP contribution in [0.5, 0.6) is 34.5 Å². The molecule has 4 rings (SSSR count). The van der Waals surface area contributed by atoms with Crippen LogP contribution < -0.4 is 20.9 Å². The molecule has 0 aliphatic heterocycles. The molecule has 0 spiro atoms. The normalized spacial score (nSPS) is 10.1. The Balaban J connectivity index is 1.86. The van der Waals surface area contributed by atoms with Gasteiger partial charge in [0.2, 0.25) is 0 Å². The fraction of sp³-hybridized carbons (Fsp3) is 0. The summed E-state index contributed by atoms with van der Waals surface area (Å²) in [5, 5.41) is 20.6. The molecular formula is C28H18N2O4. The molecule has 6 heteroatoms. The average Bonchev–Trinajstić information content (AvgIpc) is 2.83. The topological polar surface area (TPSA) is 111 Å². The fourth-order valence-corrected chi connectivity index (χ4v) is 3.40. The molecule has 0 radical (unpaired) electrons. The number of hydrogen-bond acceptors (Lipinski definition) is 6. The quantitative estimate of drug-likeness (QED) is 0.201. The zero-order valence-corrected chi connectivity index (χ0v) is 17.8. The summed E-state index contributed by atoms with van der Waals surface area (Å²) in [6.07, 6.45) is 17.3. The standard InChI is InChI=1S/C28H18N2O4/c1-4-16-12-22-18(13-27(16)33-19-7-9-25(31)23(29)14-19)11-17(5-2)28(21(22)6-3)34-20-8-10-26(32)24(30)15-20/h1-3,7-15,31-32H,29-30H2. The third-order valence-corrected chi connectivity index (χ3v) is 5.09. The van der Waals surface area contributed by atoms with E-state index >= 15 is 0 Å². The average molecular weight is 446 g/mol. The summed E-state index contributed by atoms with van der Waals surface area (Å²) in [6.45, 7) is 0. The van der Waals surface area contributed by atoms with Gasteiger partial charge < -0.3 is 31.2 Å². The fourth-order valence-electron chi connectivity index (χ4n) is 3.40. The number of hydrogen-bond donors (Lipinski definition) is 4. The lowest BCUT2D eigenvalue weighted by atomic mass is 9.97. The molecule has 34 heavy (non-hydrogen) atoms. The molecule has 0 bridgehead atoms. The highest BCUT2D eigenvalue weighted by Gasteiger charge is 2.17. The minimum Gasteiger partial charge on any atom is -0.506 e. The monoisotopic (exact) mass is 446 g/mol. The van der Waals surface area contributed by atoms with Crippen molar-refractivity contribution in [1.82, 2.24) is 0 Å². The van der Waals surface area contributed by atoms with E-state index in [0.29, 0.717) is 44.7 Å². The van der Waals surface area contributed by atoms with Crippen LogP contribution in [0.25, 0.3) is 10.8 Å². The molecule has 0 aromatic heterocycles. The van der Waals surface area contributed by atoms with E-state index in [9.17, 15) is 10.2 Å². The number of phenolic OH excluding ortho intramolecular Hbond substituents is 2. The Labute approximate surface area is 196 Å². The second-order valence-electron chi connectivity index (χ2n) is 7.28. The van der Waals surface area contributed by atoms with Crippen molar-refractivity contribution in [3.63, 3.8) is 0 Å². The smallest absolute Gasteiger partial charge is 0.159 e. The summed E-state index contributed by atoms with van der Waals surface area (Å²) < 4.78 is 11.9. The zero-order valence-electron chi connectivity index (χ0n) is 17.8. The summed E-state index contributed by atoms with van der Waals surface area (Å²) in [7, 11) is 0. The number of terminal acetylenes is 3. The van der Waals surface area contributed by atoms with E-state index in [2.05, 4.69) is 17.8 Å². The lowest BCUT2D eigenvalue weighted by Crippen LogP contribution is -1.97. The van der Waals surface area contributed by atoms with Gasteiger partial charge >= 0.3 is 0 Å². The highest BCUT2D eigenvalue weighted by molar-refractivity contribution is 5.95. The molecule has 0 aliphatic rings. The van der Waals surface area contributed by atoms with Crippen LogP contribution in [-0.2, 0) is 0 Å². The molecule has 0 saturated heterocycles. The number of anilines is 2. The Hall–Kier alpha value is -5.38. The second kappa shape index (κ2) is 8.63. The highest BCUT2D eigenvalue weighted by atomic mass is 16.5. The van der Waals surface area contributed by atoms with Gasteiger partial charge in [-0.3, -0.25) is 0 Å². The number of nitrogens with two attached hydrogens (primary N) is 2. The van der Waals surface area contributed by atoms with Crippen LogP contribution in [-0.4, -0.2) is 10.2 Å². The molecular weight excluding hydrogens is 428 g/mol. The first kappa shape index (κ1) is 21.8. The van der Waals surface area contributed by atoms with Gasteiger partial charge in [-0.1, -0.05) is 17.8 Å². The van der Waals surface area contributed by atoms with Crippen molar-refractivity contribution in [2.24, 2.45) is 0 Å². The van der Waals surface area contributed by atoms with E-state index in [4.69, 9.17) is 40.2 Å². The van der Waals surface area contributed by atoms with Crippen LogP contribution in [0.15, 0.2) is 54.6 Å². The largest absolute Gasteiger partial charge is 0.506 e. The number of aromatic hydroxyl groups is 2. The van der Waals surface area contributed by atoms with E-state index in [1.807, 2.05) is 0 Å². The molecule has 6 nitrogen and oxygen atoms in total. The first-order chi connectivity index (χ1) is 16.3. The van der Waals surface area contributed by atoms with Crippen molar-refractivity contribution >= 4 is 22.1 Å². The van der Waals surface area contributed by atoms with E-state index in [1.165, 1.54) is 24.3 Å². The Morgan fingerprint density at radius 1 is 0.676 bits per heavy atom. The molecule has 0 saturated carbocycles. The third kappa shape index (κ3) is 3.94. The Kier molecular flexibility index (Phi) is 5.54. The predicted molar refractivity (Wildman–Crippen MR) is 133 cm³/mol. The van der Waals surface area contributed by atoms with Crippen LogP contribution >= 0.6 is 0 Å². The number of nitrogen functional groups attached to an aromatic ring is 2. The highest BCUT2D eigenvalue weighted by Crippen LogP contribution is 2.39. The second-order valence-corrected chi connectivity index (χ2v) is 7.28. The van der Waals surface area contributed by atoms with Crippen LogP contribution in [0, 0.1) is 37.0 Å². The molecule has 6 N–H and O–H groups in total. The Bertz CT molecular complexity index is 1580. The van der Waals surface area contributed by atoms with Gasteiger partial charge in [0.15, 0.2) is 5.75 Å². The van der Waals surface area contributed by atoms with Crippen LogP contribution in [0.3, 0.4) is 0 Å². The van der Waals surface area contributed by atoms with Crippen molar-refractivity contribution in [3.05, 3.63) is 71.3 Å². The van der Waals surface area contributed by atoms with Gasteiger partial charge in [-0.05, 0) is 47.9 Å². The maximum Gasteiger partial charge on any atom is 0.159 e. The van der Waals surface area contributed by atoms with Crippen molar-refractivity contribution in [2.75, 3.05) is 11.5 Å². The van der Waals surface area contributed by atoms with Crippen molar-refractivity contribution < 1.29 is 19.7 Å². The van der Waals surface area contributed by atoms with Gasteiger partial charge in [0.1, 0.15) is 28.7 Å². The molecule has 0 atom stereocenters. The van der Waals surface area contributed by atoms with E-state index in [-0.39, 0.29) is 28.6 Å². The summed E-state index contributed by atoms with van der Waals surface area (Å²) in [4.78, 5) is 0. The van der Waals surface area contributed by atoms with Crippen molar-refractivity contribution in [3.8, 4) is 71.5 Å². The summed E-state index contributed by atoms with van der Waals surface area (Å²) in [5.41, 5.74) is 13.1. The van der Waals surface area contributed by atoms with Gasteiger partial charge in [0.25, 0.3) is 0 Å². The molecule has 4 aromatic carbocycles. The van der Waals surface area contributed by atoms with Gasteiger partial charge in [-0.25, -0.2) is 0 Å². The van der Waals surface area contributed by atoms with Gasteiger partial charge in [0, 0.05) is 17.5 Å². The van der Waals surface area contributed by atoms with E-state index in [1.54, 1.807) is 30.3 Å². The Morgan fingerprint density at radius 2 is 1.26 bits per heavy atom. The van der Waals surface area contributed by atoms with E-state index < -0.39 is 0 Å². The summed E-state index contributed by atoms with van der Waals surface area (Å²) in [5.74, 6) is 9.12. The minimum atomic E-state index is -0.0678. The first-order valence-electron chi connectivity index (χ1n) is 9.92. The van der Waals surface area contributed by atoms with Gasteiger partial charge in [0.05, 0.1) is 28.1 Å². The zero-order chi connectivity index (χ0) is 24.4. The van der Waals surface area contributed by atoms with Crippen LogP contribution in [0.1, 0.15) is 16.7 Å². The molecule has 4 aromatic rings. The lowest BCUT2D eigenvalue weighted by molar-refractivity contribution is 0.465. The van der Waals surface area contributed by atoms with Gasteiger partial charge in [-0.15, -0.1) is 19.3 Å². The third-order valence-electron chi connectivity index (χ3n) is 5.09. The predicted octanol–water partition coefficient (Wildman–Crippen LogP) is 4.94. The minimum absolute atomic E-state index is 0.0525. The summed E-state index contributed by atoms with van der Waals surface area (Å²) >= 11 is 0. The number of phenols is 2. The van der Waals surface area contributed by atoms with Crippen LogP contribution in [0.2, 0.25) is 0 Å².